The number of alkyl halides is 2. The van der Waals surface area contributed by atoms with Gasteiger partial charge in [-0.15, -0.1) is 0 Å². The second-order valence-electron chi connectivity index (χ2n) is 12.0. The summed E-state index contributed by atoms with van der Waals surface area (Å²) >= 11 is 12.3. The minimum atomic E-state index is -3.52. The first-order valence-electron chi connectivity index (χ1n) is 13.1. The number of nitrogens with one attached hydrogen (secondary N) is 1. The molecule has 1 N–H and O–H groups in total. The zero-order valence-electron chi connectivity index (χ0n) is 21.9. The number of rotatable bonds is 8. The third-order valence-electron chi connectivity index (χ3n) is 8.58. The number of halogens is 4. The highest BCUT2D eigenvalue weighted by molar-refractivity contribution is 7.89. The lowest BCUT2D eigenvalue weighted by molar-refractivity contribution is -0.151. The number of likely N-dealkylation sites (tertiary alicyclic amines) is 1. The van der Waals surface area contributed by atoms with E-state index < -0.39 is 33.1 Å². The Hall–Kier alpha value is -1.49. The fourth-order valence-electron chi connectivity index (χ4n) is 6.55. The molecule has 5 aliphatic rings. The van der Waals surface area contributed by atoms with Gasteiger partial charge in [-0.25, -0.2) is 17.2 Å². The highest BCUT2D eigenvalue weighted by Crippen LogP contribution is 2.71. The Morgan fingerprint density at radius 2 is 1.79 bits per heavy atom. The first kappa shape index (κ1) is 28.1. The summed E-state index contributed by atoms with van der Waals surface area (Å²) in [5.74, 6) is -2.15. The minimum absolute atomic E-state index is 0.0304. The maximum atomic E-state index is 13.6. The highest BCUT2D eigenvalue weighted by atomic mass is 35.5. The zero-order chi connectivity index (χ0) is 27.7. The van der Waals surface area contributed by atoms with Crippen molar-refractivity contribution in [2.45, 2.75) is 88.9 Å². The van der Waals surface area contributed by atoms with Gasteiger partial charge in [0.25, 0.3) is 5.92 Å². The van der Waals surface area contributed by atoms with Crippen LogP contribution in [0, 0.1) is 5.41 Å². The number of nitrogens with zero attached hydrogens (tertiary/aromatic N) is 3. The molecule has 2 aliphatic heterocycles. The van der Waals surface area contributed by atoms with E-state index in [4.69, 9.17) is 28.2 Å². The van der Waals surface area contributed by atoms with Crippen LogP contribution in [0.4, 0.5) is 8.78 Å². The average molecular weight is 592 g/mol. The molecule has 2 bridgehead atoms. The number of carbonyl (C=O) groups is 1. The van der Waals surface area contributed by atoms with Crippen molar-refractivity contribution in [3.05, 3.63) is 33.8 Å². The summed E-state index contributed by atoms with van der Waals surface area (Å²) in [5.41, 5.74) is -0.773. The Labute approximate surface area is 233 Å². The van der Waals surface area contributed by atoms with Gasteiger partial charge in [-0.05, 0) is 57.2 Å². The van der Waals surface area contributed by atoms with Crippen LogP contribution in [0.3, 0.4) is 0 Å². The molecule has 7 nitrogen and oxygen atoms in total. The number of hydrogen-bond donors (Lipinski definition) is 1. The van der Waals surface area contributed by atoms with Gasteiger partial charge in [0.15, 0.2) is 0 Å². The van der Waals surface area contributed by atoms with Crippen LogP contribution in [0.15, 0.2) is 23.2 Å². The number of benzene rings is 1. The first-order chi connectivity index (χ1) is 17.6. The number of piperidine rings is 1. The summed E-state index contributed by atoms with van der Waals surface area (Å²) in [4.78, 5) is 19.7. The van der Waals surface area contributed by atoms with Crippen molar-refractivity contribution in [1.82, 2.24) is 14.5 Å². The molecule has 210 valence electrons. The Morgan fingerprint density at radius 1 is 1.16 bits per heavy atom. The van der Waals surface area contributed by atoms with Crippen molar-refractivity contribution in [3.63, 3.8) is 0 Å². The Balaban J connectivity index is 1.30. The van der Waals surface area contributed by atoms with Gasteiger partial charge in [-0.2, -0.15) is 4.31 Å². The van der Waals surface area contributed by atoms with Crippen LogP contribution in [-0.2, 0) is 21.4 Å². The molecule has 1 saturated heterocycles. The SMILES string of the molecule is CCCS(=O)(=O)N(Cc1ccc(Cl)c(Cl)c1)C12CC(C3=NC(C)(C)[C@H](C(=O)N4CCC(F)(F)CC4)N3)(C1)C2. The molecule has 2 heterocycles. The van der Waals surface area contributed by atoms with Crippen LogP contribution in [-0.4, -0.2) is 71.3 Å². The fourth-order valence-corrected chi connectivity index (χ4v) is 8.74. The van der Waals surface area contributed by atoms with Gasteiger partial charge in [0.1, 0.15) is 11.9 Å². The van der Waals surface area contributed by atoms with E-state index in [0.717, 1.165) is 11.4 Å². The van der Waals surface area contributed by atoms with E-state index in [1.807, 2.05) is 20.8 Å². The van der Waals surface area contributed by atoms with E-state index in [9.17, 15) is 22.0 Å². The van der Waals surface area contributed by atoms with Gasteiger partial charge in [-0.3, -0.25) is 9.79 Å². The summed E-state index contributed by atoms with van der Waals surface area (Å²) in [7, 11) is -3.52. The lowest BCUT2D eigenvalue weighted by Gasteiger charge is -2.73. The third kappa shape index (κ3) is 4.73. The van der Waals surface area contributed by atoms with Crippen molar-refractivity contribution in [2.75, 3.05) is 18.8 Å². The average Bonchev–Trinajstić information content (AvgIpc) is 3.08. The molecule has 0 aromatic heterocycles. The lowest BCUT2D eigenvalue weighted by Crippen LogP contribution is -2.78. The Morgan fingerprint density at radius 3 is 2.37 bits per heavy atom. The van der Waals surface area contributed by atoms with E-state index in [1.54, 1.807) is 22.5 Å². The quantitative estimate of drug-likeness (QED) is 0.468. The lowest BCUT2D eigenvalue weighted by atomic mass is 9.38. The molecule has 1 aromatic carbocycles. The van der Waals surface area contributed by atoms with Gasteiger partial charge in [-0.1, -0.05) is 36.2 Å². The maximum absolute atomic E-state index is 13.6. The van der Waals surface area contributed by atoms with Crippen LogP contribution in [0.5, 0.6) is 0 Å². The van der Waals surface area contributed by atoms with Gasteiger partial charge in [0, 0.05) is 43.4 Å². The second-order valence-corrected chi connectivity index (χ2v) is 14.8. The number of carbonyl (C=O) groups excluding carboxylic acids is 1. The van der Waals surface area contributed by atoms with Crippen molar-refractivity contribution in [1.29, 1.82) is 0 Å². The molecule has 3 aliphatic carbocycles. The van der Waals surface area contributed by atoms with Gasteiger partial charge >= 0.3 is 0 Å². The van der Waals surface area contributed by atoms with Crippen molar-refractivity contribution >= 4 is 45.0 Å². The molecular formula is C26H34Cl2F2N4O3S. The molecule has 0 spiro atoms. The number of amidine groups is 1. The molecule has 0 radical (unpaired) electrons. The molecule has 3 saturated carbocycles. The van der Waals surface area contributed by atoms with E-state index in [2.05, 4.69) is 5.32 Å². The topological polar surface area (TPSA) is 82.1 Å². The van der Waals surface area contributed by atoms with E-state index in [1.165, 1.54) is 4.90 Å². The van der Waals surface area contributed by atoms with Crippen LogP contribution < -0.4 is 5.32 Å². The molecule has 6 rings (SSSR count). The number of aliphatic imine (C=N–C) groups is 1. The molecule has 1 amide bonds. The van der Waals surface area contributed by atoms with Crippen LogP contribution in [0.1, 0.15) is 64.9 Å². The molecule has 0 unspecified atom stereocenters. The van der Waals surface area contributed by atoms with Crippen molar-refractivity contribution < 1.29 is 22.0 Å². The largest absolute Gasteiger partial charge is 0.360 e. The smallest absolute Gasteiger partial charge is 0.251 e. The number of sulfonamides is 1. The summed E-state index contributed by atoms with van der Waals surface area (Å²) in [5, 5.41) is 4.13. The summed E-state index contributed by atoms with van der Waals surface area (Å²) in [6.45, 7) is 5.86. The maximum Gasteiger partial charge on any atom is 0.251 e. The number of hydrogen-bond acceptors (Lipinski definition) is 5. The van der Waals surface area contributed by atoms with E-state index >= 15 is 0 Å². The monoisotopic (exact) mass is 590 g/mol. The molecule has 1 aromatic rings. The molecular weight excluding hydrogens is 557 g/mol. The minimum Gasteiger partial charge on any atom is -0.360 e. The Kier molecular flexibility index (Phi) is 6.85. The van der Waals surface area contributed by atoms with Crippen molar-refractivity contribution in [3.8, 4) is 0 Å². The van der Waals surface area contributed by atoms with Gasteiger partial charge < -0.3 is 10.2 Å². The molecule has 38 heavy (non-hydrogen) atoms. The first-order valence-corrected chi connectivity index (χ1v) is 15.5. The predicted octanol–water partition coefficient (Wildman–Crippen LogP) is 4.86. The normalized spacial score (nSPS) is 31.3. The summed E-state index contributed by atoms with van der Waals surface area (Å²) < 4.78 is 55.6. The van der Waals surface area contributed by atoms with Gasteiger partial charge in [0.2, 0.25) is 15.9 Å². The number of amides is 1. The summed E-state index contributed by atoms with van der Waals surface area (Å²) in [6.07, 6.45) is 1.70. The molecule has 12 heteroatoms. The van der Waals surface area contributed by atoms with Crippen LogP contribution in [0.2, 0.25) is 10.0 Å². The summed E-state index contributed by atoms with van der Waals surface area (Å²) in [6, 6.07) is 4.54. The third-order valence-corrected chi connectivity index (χ3v) is 11.4. The van der Waals surface area contributed by atoms with E-state index in [0.29, 0.717) is 35.7 Å². The van der Waals surface area contributed by atoms with Crippen LogP contribution in [0.25, 0.3) is 0 Å². The second kappa shape index (κ2) is 9.28. The van der Waals surface area contributed by atoms with E-state index in [-0.39, 0.29) is 49.6 Å². The standard InChI is InChI=1S/C26H34Cl2F2N4O3S/c1-4-11-38(36,37)34(13-17-5-6-18(27)19(28)12-17)25-14-24(15-25,16-25)22-31-20(23(2,3)32-22)21(35)33-9-7-26(29,30)8-10-33/h5-6,12,20H,4,7-11,13-16H2,1-3H3,(H,31,32)/t20-,24?,25?/m0/s1. The molecule has 1 atom stereocenters. The predicted molar refractivity (Wildman–Crippen MR) is 144 cm³/mol. The molecule has 4 fully saturated rings. The van der Waals surface area contributed by atoms with Gasteiger partial charge in [0.05, 0.1) is 21.3 Å². The van der Waals surface area contributed by atoms with Crippen molar-refractivity contribution in [2.24, 2.45) is 10.4 Å². The Bertz CT molecular complexity index is 1260. The fraction of sp³-hybridized carbons (Fsp3) is 0.692. The highest BCUT2D eigenvalue weighted by Gasteiger charge is 2.75. The van der Waals surface area contributed by atoms with Crippen LogP contribution >= 0.6 is 23.2 Å². The zero-order valence-corrected chi connectivity index (χ0v) is 24.2.